The molecule has 3 aromatic rings. The molecule has 0 atom stereocenters. The number of halogens is 2. The Morgan fingerprint density at radius 1 is 1.21 bits per heavy atom. The first-order valence-electron chi connectivity index (χ1n) is 9.83. The molecule has 1 aliphatic carbocycles. The summed E-state index contributed by atoms with van der Waals surface area (Å²) < 4.78 is 31.0. The van der Waals surface area contributed by atoms with Crippen molar-refractivity contribution in [2.24, 2.45) is 0 Å². The van der Waals surface area contributed by atoms with Gasteiger partial charge in [0.2, 0.25) is 0 Å². The van der Waals surface area contributed by atoms with Crippen LogP contribution >= 0.6 is 11.8 Å². The third-order valence-corrected chi connectivity index (χ3v) is 6.11. The van der Waals surface area contributed by atoms with Crippen LogP contribution in [-0.2, 0) is 6.54 Å². The Kier molecular flexibility index (Phi) is 5.85. The first-order valence-corrected chi connectivity index (χ1v) is 11.1. The Balaban J connectivity index is 1.73. The molecule has 0 saturated heterocycles. The number of rotatable bonds is 5. The maximum Gasteiger partial charge on any atom is 0.253 e. The van der Waals surface area contributed by atoms with Gasteiger partial charge in [-0.2, -0.15) is 0 Å². The highest BCUT2D eigenvalue weighted by Gasteiger charge is 2.24. The van der Waals surface area contributed by atoms with Crippen LogP contribution in [0.25, 0.3) is 10.9 Å². The Morgan fingerprint density at radius 2 is 1.97 bits per heavy atom. The number of nitrogens with one attached hydrogen (secondary N) is 1. The molecule has 1 N–H and O–H groups in total. The minimum Gasteiger partial charge on any atom is -0.349 e. The zero-order chi connectivity index (χ0) is 20.4. The standard InChI is InChI=1S/C22H23F2N3OS/c1-29-19-11-14(9-10-25-19)12-27-13-16(20-17(23)7-8-18(24)21(20)27)22(28)26-15-5-3-2-4-6-15/h7-11,13,15H,2-6,12H2,1H3,(H,26,28). The van der Waals surface area contributed by atoms with Gasteiger partial charge in [-0.1, -0.05) is 19.3 Å². The average Bonchev–Trinajstić information content (AvgIpc) is 3.12. The van der Waals surface area contributed by atoms with E-state index in [0.29, 0.717) is 6.54 Å². The first-order chi connectivity index (χ1) is 14.1. The van der Waals surface area contributed by atoms with Gasteiger partial charge in [-0.05, 0) is 48.9 Å². The number of amides is 1. The summed E-state index contributed by atoms with van der Waals surface area (Å²) in [5, 5.41) is 3.90. The van der Waals surface area contributed by atoms with Gasteiger partial charge < -0.3 is 9.88 Å². The van der Waals surface area contributed by atoms with Gasteiger partial charge >= 0.3 is 0 Å². The van der Waals surface area contributed by atoms with Gasteiger partial charge in [-0.3, -0.25) is 4.79 Å². The van der Waals surface area contributed by atoms with Crippen LogP contribution in [-0.4, -0.2) is 27.8 Å². The first kappa shape index (κ1) is 19.9. The normalized spacial score (nSPS) is 15.0. The zero-order valence-corrected chi connectivity index (χ0v) is 17.1. The number of benzene rings is 1. The molecule has 0 radical (unpaired) electrons. The van der Waals surface area contributed by atoms with Gasteiger partial charge in [0.15, 0.2) is 0 Å². The Morgan fingerprint density at radius 3 is 2.72 bits per heavy atom. The average molecular weight is 416 g/mol. The number of carbonyl (C=O) groups excluding carboxylic acids is 1. The molecule has 7 heteroatoms. The fraction of sp³-hybridized carbons (Fsp3) is 0.364. The molecule has 2 aromatic heterocycles. The van der Waals surface area contributed by atoms with Crippen LogP contribution in [0.5, 0.6) is 0 Å². The predicted molar refractivity (Wildman–Crippen MR) is 111 cm³/mol. The molecular formula is C22H23F2N3OS. The molecule has 0 unspecified atom stereocenters. The number of thioether (sulfide) groups is 1. The molecule has 1 amide bonds. The molecule has 29 heavy (non-hydrogen) atoms. The quantitative estimate of drug-likeness (QED) is 0.587. The molecule has 4 nitrogen and oxygen atoms in total. The van der Waals surface area contributed by atoms with Crippen molar-refractivity contribution in [3.05, 3.63) is 59.4 Å². The number of nitrogens with zero attached hydrogens (tertiary/aromatic N) is 2. The summed E-state index contributed by atoms with van der Waals surface area (Å²) in [5.41, 5.74) is 1.20. The lowest BCUT2D eigenvalue weighted by Gasteiger charge is -2.22. The maximum atomic E-state index is 14.7. The Hall–Kier alpha value is -2.41. The lowest BCUT2D eigenvalue weighted by atomic mass is 9.95. The summed E-state index contributed by atoms with van der Waals surface area (Å²) in [4.78, 5) is 17.2. The summed E-state index contributed by atoms with van der Waals surface area (Å²) in [6.07, 6.45) is 10.4. The summed E-state index contributed by atoms with van der Waals surface area (Å²) in [6.45, 7) is 0.323. The van der Waals surface area contributed by atoms with Gasteiger partial charge in [-0.15, -0.1) is 11.8 Å². The number of fused-ring (bicyclic) bond motifs is 1. The molecule has 4 rings (SSSR count). The van der Waals surface area contributed by atoms with E-state index in [1.165, 1.54) is 18.2 Å². The van der Waals surface area contributed by atoms with Crippen molar-refractivity contribution in [2.75, 3.05) is 6.26 Å². The highest BCUT2D eigenvalue weighted by atomic mass is 32.2. The Labute approximate surface area is 172 Å². The SMILES string of the molecule is CSc1cc(Cn2cc(C(=O)NC3CCCCC3)c3c(F)ccc(F)c32)ccn1. The van der Waals surface area contributed by atoms with Crippen LogP contribution in [0.3, 0.4) is 0 Å². The monoisotopic (exact) mass is 415 g/mol. The number of hydrogen-bond acceptors (Lipinski definition) is 3. The summed E-state index contributed by atoms with van der Waals surface area (Å²) in [7, 11) is 0. The zero-order valence-electron chi connectivity index (χ0n) is 16.3. The van der Waals surface area contributed by atoms with E-state index in [1.54, 1.807) is 17.0 Å². The van der Waals surface area contributed by atoms with Crippen LogP contribution in [0.4, 0.5) is 8.78 Å². The van der Waals surface area contributed by atoms with Gasteiger partial charge in [-0.25, -0.2) is 13.8 Å². The highest BCUT2D eigenvalue weighted by Crippen LogP contribution is 2.29. The van der Waals surface area contributed by atoms with Crippen molar-refractivity contribution >= 4 is 28.6 Å². The molecule has 1 fully saturated rings. The summed E-state index contributed by atoms with van der Waals surface area (Å²) in [6, 6.07) is 6.03. The molecular weight excluding hydrogens is 392 g/mol. The molecule has 0 spiro atoms. The Bertz CT molecular complexity index is 1040. The lowest BCUT2D eigenvalue weighted by molar-refractivity contribution is 0.0929. The van der Waals surface area contributed by atoms with Crippen molar-refractivity contribution in [1.82, 2.24) is 14.9 Å². The van der Waals surface area contributed by atoms with Crippen LogP contribution in [0.2, 0.25) is 0 Å². The van der Waals surface area contributed by atoms with Crippen molar-refractivity contribution in [1.29, 1.82) is 0 Å². The summed E-state index contributed by atoms with van der Waals surface area (Å²) in [5.74, 6) is -1.48. The van der Waals surface area contributed by atoms with E-state index in [0.717, 1.165) is 48.4 Å². The lowest BCUT2D eigenvalue weighted by Crippen LogP contribution is -2.36. The van der Waals surface area contributed by atoms with Gasteiger partial charge in [0, 0.05) is 25.0 Å². The van der Waals surface area contributed by atoms with Crippen molar-refractivity contribution < 1.29 is 13.6 Å². The third kappa shape index (κ3) is 4.15. The highest BCUT2D eigenvalue weighted by molar-refractivity contribution is 7.98. The second kappa shape index (κ2) is 8.53. The predicted octanol–water partition coefficient (Wildman–Crippen LogP) is 5.15. The topological polar surface area (TPSA) is 46.9 Å². The van der Waals surface area contributed by atoms with Crippen molar-refractivity contribution in [3.63, 3.8) is 0 Å². The number of carbonyl (C=O) groups is 1. The van der Waals surface area contributed by atoms with Crippen LogP contribution in [0.1, 0.15) is 48.0 Å². The van der Waals surface area contributed by atoms with E-state index in [2.05, 4.69) is 10.3 Å². The number of pyridine rings is 1. The van der Waals surface area contributed by atoms with E-state index in [9.17, 15) is 13.6 Å². The smallest absolute Gasteiger partial charge is 0.253 e. The molecule has 0 aliphatic heterocycles. The van der Waals surface area contributed by atoms with Crippen LogP contribution in [0, 0.1) is 11.6 Å². The fourth-order valence-corrected chi connectivity index (χ4v) is 4.46. The van der Waals surface area contributed by atoms with Crippen molar-refractivity contribution in [3.8, 4) is 0 Å². The molecule has 0 bridgehead atoms. The van der Waals surface area contributed by atoms with Crippen LogP contribution < -0.4 is 5.32 Å². The van der Waals surface area contributed by atoms with E-state index in [-0.39, 0.29) is 28.4 Å². The largest absolute Gasteiger partial charge is 0.349 e. The molecule has 1 aromatic carbocycles. The molecule has 1 saturated carbocycles. The van der Waals surface area contributed by atoms with E-state index >= 15 is 0 Å². The fourth-order valence-electron chi connectivity index (χ4n) is 4.03. The van der Waals surface area contributed by atoms with E-state index in [4.69, 9.17) is 0 Å². The maximum absolute atomic E-state index is 14.7. The second-order valence-corrected chi connectivity index (χ2v) is 8.26. The second-order valence-electron chi connectivity index (χ2n) is 7.44. The molecule has 152 valence electrons. The van der Waals surface area contributed by atoms with Gasteiger partial charge in [0.25, 0.3) is 5.91 Å². The summed E-state index contributed by atoms with van der Waals surface area (Å²) >= 11 is 1.51. The minimum atomic E-state index is -0.589. The van der Waals surface area contributed by atoms with E-state index in [1.807, 2.05) is 18.4 Å². The van der Waals surface area contributed by atoms with Gasteiger partial charge in [0.05, 0.1) is 21.5 Å². The van der Waals surface area contributed by atoms with E-state index < -0.39 is 11.6 Å². The van der Waals surface area contributed by atoms with Crippen molar-refractivity contribution in [2.45, 2.75) is 49.7 Å². The number of hydrogen-bond donors (Lipinski definition) is 1. The molecule has 2 heterocycles. The minimum absolute atomic E-state index is 0.0393. The van der Waals surface area contributed by atoms with Crippen LogP contribution in [0.15, 0.2) is 41.7 Å². The molecule has 1 aliphatic rings. The number of aromatic nitrogens is 2. The van der Waals surface area contributed by atoms with Gasteiger partial charge in [0.1, 0.15) is 11.6 Å². The third-order valence-electron chi connectivity index (χ3n) is 5.47.